The fourth-order valence-electron chi connectivity index (χ4n) is 1.34. The molecule has 13 heavy (non-hydrogen) atoms. The van der Waals surface area contributed by atoms with Gasteiger partial charge in [-0.2, -0.15) is 0 Å². The van der Waals surface area contributed by atoms with E-state index in [4.69, 9.17) is 5.73 Å². The highest BCUT2D eigenvalue weighted by Gasteiger charge is 1.98. The molecule has 0 unspecified atom stereocenters. The van der Waals surface area contributed by atoms with E-state index in [0.717, 1.165) is 31.2 Å². The molecule has 0 bridgehead atoms. The number of hydrogen-bond acceptors (Lipinski definition) is 1. The van der Waals surface area contributed by atoms with Gasteiger partial charge in [-0.3, -0.25) is 5.73 Å². The summed E-state index contributed by atoms with van der Waals surface area (Å²) in [6, 6.07) is 7.46. The van der Waals surface area contributed by atoms with Crippen LogP contribution in [0.1, 0.15) is 24.8 Å². The highest BCUT2D eigenvalue weighted by Crippen LogP contribution is 2.17. The molecule has 0 aromatic heterocycles. The lowest BCUT2D eigenvalue weighted by molar-refractivity contribution is 0.466. The number of hydrogen-bond donors (Lipinski definition) is 1. The summed E-state index contributed by atoms with van der Waals surface area (Å²) < 4.78 is 0. The van der Waals surface area contributed by atoms with Crippen LogP contribution >= 0.6 is 0 Å². The highest BCUT2D eigenvalue weighted by molar-refractivity contribution is 5.31. The number of aryl methyl sites for hydroxylation is 1. The van der Waals surface area contributed by atoms with Crippen LogP contribution in [-0.4, -0.2) is 11.7 Å². The number of nitrogens with one attached hydrogen (secondary N) is 1. The molecule has 0 saturated carbocycles. The van der Waals surface area contributed by atoms with Crippen LogP contribution in [0.3, 0.4) is 0 Å². The lowest BCUT2D eigenvalue weighted by Gasteiger charge is -2.02. The lowest BCUT2D eigenvalue weighted by Crippen LogP contribution is -1.89. The maximum absolute atomic E-state index is 9.43. The predicted octanol–water partition coefficient (Wildman–Crippen LogP) is 2.39. The van der Waals surface area contributed by atoms with E-state index in [1.165, 1.54) is 0 Å². The summed E-state index contributed by atoms with van der Waals surface area (Å²) in [5.74, 6) is 0.397. The molecule has 0 aliphatic heterocycles. The Bertz CT molecular complexity index is 248. The second kappa shape index (κ2) is 5.60. The van der Waals surface area contributed by atoms with E-state index in [0.29, 0.717) is 12.3 Å². The smallest absolute Gasteiger partial charge is 0.118 e. The minimum absolute atomic E-state index is 0.397. The molecular formula is C11H16NO. The summed E-state index contributed by atoms with van der Waals surface area (Å²) in [5.41, 5.74) is 8.00. The number of unbranched alkanes of at least 4 members (excludes halogenated alkanes) is 2. The van der Waals surface area contributed by atoms with E-state index in [9.17, 15) is 5.11 Å². The maximum Gasteiger partial charge on any atom is 0.118 e. The Hall–Kier alpha value is -1.02. The number of rotatable bonds is 5. The zero-order chi connectivity index (χ0) is 9.52. The van der Waals surface area contributed by atoms with Gasteiger partial charge in [-0.15, -0.1) is 0 Å². The zero-order valence-corrected chi connectivity index (χ0v) is 7.79. The Morgan fingerprint density at radius 2 is 1.85 bits per heavy atom. The van der Waals surface area contributed by atoms with Crippen molar-refractivity contribution in [3.05, 3.63) is 29.8 Å². The van der Waals surface area contributed by atoms with E-state index in [1.54, 1.807) is 6.07 Å². The van der Waals surface area contributed by atoms with Crippen molar-refractivity contribution in [1.29, 1.82) is 0 Å². The third-order valence-electron chi connectivity index (χ3n) is 2.11. The van der Waals surface area contributed by atoms with Crippen molar-refractivity contribution in [1.82, 2.24) is 5.73 Å². The molecule has 0 heterocycles. The molecule has 0 saturated heterocycles. The summed E-state index contributed by atoms with van der Waals surface area (Å²) in [6.45, 7) is 0.515. The largest absolute Gasteiger partial charge is 0.508 e. The molecule has 1 rings (SSSR count). The monoisotopic (exact) mass is 178 g/mol. The minimum atomic E-state index is 0.397. The fourth-order valence-corrected chi connectivity index (χ4v) is 1.34. The Kier molecular flexibility index (Phi) is 4.33. The standard InChI is InChI=1S/C11H16NO/c12-9-5-1-2-6-10-7-3-4-8-11(10)13/h3-4,7-8,12-13H,1-2,5-6,9H2. The fraction of sp³-hybridized carbons (Fsp3) is 0.455. The minimum Gasteiger partial charge on any atom is -0.508 e. The normalized spacial score (nSPS) is 10.2. The van der Waals surface area contributed by atoms with Crippen LogP contribution in [0.5, 0.6) is 5.75 Å². The summed E-state index contributed by atoms with van der Waals surface area (Å²) in [7, 11) is 0. The molecule has 2 heteroatoms. The van der Waals surface area contributed by atoms with Crippen molar-refractivity contribution in [3.63, 3.8) is 0 Å². The van der Waals surface area contributed by atoms with E-state index in [2.05, 4.69) is 0 Å². The van der Waals surface area contributed by atoms with Crippen molar-refractivity contribution < 1.29 is 5.11 Å². The van der Waals surface area contributed by atoms with Gasteiger partial charge in [0.1, 0.15) is 5.75 Å². The molecule has 2 nitrogen and oxygen atoms in total. The number of phenols is 1. The summed E-state index contributed by atoms with van der Waals surface area (Å²) in [5, 5.41) is 9.43. The number of benzene rings is 1. The van der Waals surface area contributed by atoms with Gasteiger partial charge in [-0.1, -0.05) is 24.6 Å². The second-order valence-electron chi connectivity index (χ2n) is 3.19. The quantitative estimate of drug-likeness (QED) is 0.691. The summed E-state index contributed by atoms with van der Waals surface area (Å²) in [4.78, 5) is 0. The molecule has 1 aromatic carbocycles. The highest BCUT2D eigenvalue weighted by atomic mass is 16.3. The van der Waals surface area contributed by atoms with Gasteiger partial charge in [0, 0.05) is 6.54 Å². The van der Waals surface area contributed by atoms with Gasteiger partial charge in [-0.25, -0.2) is 0 Å². The Morgan fingerprint density at radius 1 is 1.08 bits per heavy atom. The van der Waals surface area contributed by atoms with Gasteiger partial charge in [0.15, 0.2) is 0 Å². The van der Waals surface area contributed by atoms with E-state index in [1.807, 2.05) is 18.2 Å². The predicted molar refractivity (Wildman–Crippen MR) is 53.6 cm³/mol. The van der Waals surface area contributed by atoms with E-state index in [-0.39, 0.29) is 0 Å². The first kappa shape index (κ1) is 10.1. The van der Waals surface area contributed by atoms with Crippen LogP contribution in [0.4, 0.5) is 0 Å². The maximum atomic E-state index is 9.43. The van der Waals surface area contributed by atoms with E-state index < -0.39 is 0 Å². The van der Waals surface area contributed by atoms with Gasteiger partial charge in [0.2, 0.25) is 0 Å². The molecule has 71 valence electrons. The van der Waals surface area contributed by atoms with Crippen LogP contribution in [0.15, 0.2) is 24.3 Å². The Morgan fingerprint density at radius 3 is 2.54 bits per heavy atom. The number of phenolic OH excluding ortho intramolecular Hbond substituents is 1. The van der Waals surface area contributed by atoms with Crippen LogP contribution < -0.4 is 5.73 Å². The molecule has 0 aliphatic carbocycles. The first-order valence-corrected chi connectivity index (χ1v) is 4.76. The van der Waals surface area contributed by atoms with Gasteiger partial charge in [-0.05, 0) is 30.9 Å². The van der Waals surface area contributed by atoms with Crippen LogP contribution in [0, 0.1) is 0 Å². The van der Waals surface area contributed by atoms with Gasteiger partial charge in [0.05, 0.1) is 0 Å². The molecule has 0 aliphatic rings. The van der Waals surface area contributed by atoms with Crippen molar-refractivity contribution in [2.45, 2.75) is 25.7 Å². The topological polar surface area (TPSA) is 44.0 Å². The number of para-hydroxylation sites is 1. The van der Waals surface area contributed by atoms with Crippen LogP contribution in [-0.2, 0) is 6.42 Å². The second-order valence-corrected chi connectivity index (χ2v) is 3.19. The molecule has 1 radical (unpaired) electrons. The Balaban J connectivity index is 2.32. The first-order chi connectivity index (χ1) is 6.34. The SMILES string of the molecule is [NH]CCCCCc1ccccc1O. The van der Waals surface area contributed by atoms with Crippen molar-refractivity contribution >= 4 is 0 Å². The van der Waals surface area contributed by atoms with Crippen LogP contribution in [0.25, 0.3) is 0 Å². The van der Waals surface area contributed by atoms with Crippen molar-refractivity contribution in [2.24, 2.45) is 0 Å². The zero-order valence-electron chi connectivity index (χ0n) is 7.79. The Labute approximate surface area is 79.4 Å². The molecule has 0 fully saturated rings. The van der Waals surface area contributed by atoms with E-state index >= 15 is 0 Å². The van der Waals surface area contributed by atoms with Gasteiger partial charge >= 0.3 is 0 Å². The summed E-state index contributed by atoms with van der Waals surface area (Å²) >= 11 is 0. The van der Waals surface area contributed by atoms with Crippen LogP contribution in [0.2, 0.25) is 0 Å². The molecule has 0 atom stereocenters. The molecule has 2 N–H and O–H groups in total. The summed E-state index contributed by atoms with van der Waals surface area (Å²) in [6.07, 6.45) is 4.04. The van der Waals surface area contributed by atoms with Crippen molar-refractivity contribution in [3.8, 4) is 5.75 Å². The third kappa shape index (κ3) is 3.47. The molecular weight excluding hydrogens is 162 g/mol. The average molecular weight is 178 g/mol. The third-order valence-corrected chi connectivity index (χ3v) is 2.11. The van der Waals surface area contributed by atoms with Gasteiger partial charge < -0.3 is 5.11 Å². The number of aromatic hydroxyl groups is 1. The first-order valence-electron chi connectivity index (χ1n) is 4.76. The average Bonchev–Trinajstić information content (AvgIpc) is 2.15. The molecule has 1 aromatic rings. The lowest BCUT2D eigenvalue weighted by atomic mass is 10.1. The van der Waals surface area contributed by atoms with Crippen molar-refractivity contribution in [2.75, 3.05) is 6.54 Å². The molecule has 0 amide bonds. The molecule has 0 spiro atoms. The van der Waals surface area contributed by atoms with Gasteiger partial charge in [0.25, 0.3) is 0 Å².